The van der Waals surface area contributed by atoms with Crippen LogP contribution < -0.4 is 10.4 Å². The lowest BCUT2D eigenvalue weighted by atomic mass is 10.1. The third kappa shape index (κ3) is 3.97. The predicted molar refractivity (Wildman–Crippen MR) is 104 cm³/mol. The van der Waals surface area contributed by atoms with Gasteiger partial charge in [0.25, 0.3) is 8.32 Å². The van der Waals surface area contributed by atoms with Gasteiger partial charge in [0.05, 0.1) is 0 Å². The van der Waals surface area contributed by atoms with E-state index in [9.17, 15) is 5.11 Å². The van der Waals surface area contributed by atoms with Crippen molar-refractivity contribution in [1.29, 1.82) is 0 Å². The third-order valence-electron chi connectivity index (χ3n) is 4.66. The lowest BCUT2D eigenvalue weighted by Gasteiger charge is -2.43. The van der Waals surface area contributed by atoms with Crippen LogP contribution in [-0.2, 0) is 4.43 Å². The highest BCUT2D eigenvalue weighted by Gasteiger charge is 2.49. The van der Waals surface area contributed by atoms with Crippen molar-refractivity contribution in [2.75, 3.05) is 13.2 Å². The van der Waals surface area contributed by atoms with Crippen molar-refractivity contribution in [1.82, 2.24) is 0 Å². The molecule has 0 aromatic heterocycles. The van der Waals surface area contributed by atoms with Gasteiger partial charge in [-0.1, -0.05) is 88.4 Å². The molecule has 0 amide bonds. The van der Waals surface area contributed by atoms with E-state index in [0.29, 0.717) is 6.61 Å². The minimum Gasteiger partial charge on any atom is -0.407 e. The lowest BCUT2D eigenvalue weighted by Crippen LogP contribution is -2.66. The second-order valence-corrected chi connectivity index (χ2v) is 11.9. The fourth-order valence-electron chi connectivity index (χ4n) is 3.27. The molecule has 0 aliphatic heterocycles. The van der Waals surface area contributed by atoms with Gasteiger partial charge in [-0.25, -0.2) is 0 Å². The molecule has 0 bridgehead atoms. The first-order chi connectivity index (χ1) is 11.4. The summed E-state index contributed by atoms with van der Waals surface area (Å²) in [5.74, 6) is 0.267. The van der Waals surface area contributed by atoms with Gasteiger partial charge in [0, 0.05) is 13.2 Å². The number of hydrogen-bond acceptors (Lipinski definition) is 2. The van der Waals surface area contributed by atoms with E-state index in [4.69, 9.17) is 4.43 Å². The molecule has 0 spiro atoms. The van der Waals surface area contributed by atoms with Gasteiger partial charge in [0.2, 0.25) is 0 Å². The molecule has 0 aliphatic rings. The van der Waals surface area contributed by atoms with Crippen molar-refractivity contribution in [3.63, 3.8) is 0 Å². The molecule has 0 radical (unpaired) electrons. The Bertz CT molecular complexity index is 565. The highest BCUT2D eigenvalue weighted by atomic mass is 28.4. The summed E-state index contributed by atoms with van der Waals surface area (Å²) >= 11 is 0. The second kappa shape index (κ2) is 8.10. The Morgan fingerprint density at radius 1 is 0.917 bits per heavy atom. The van der Waals surface area contributed by atoms with E-state index in [1.54, 1.807) is 0 Å². The average Bonchev–Trinajstić information content (AvgIpc) is 2.59. The van der Waals surface area contributed by atoms with Crippen molar-refractivity contribution in [2.24, 2.45) is 5.92 Å². The summed E-state index contributed by atoms with van der Waals surface area (Å²) in [5, 5.41) is 11.9. The van der Waals surface area contributed by atoms with Gasteiger partial charge in [-0.3, -0.25) is 0 Å². The fraction of sp³-hybridized carbons (Fsp3) is 0.429. The van der Waals surface area contributed by atoms with Crippen LogP contribution in [0.5, 0.6) is 0 Å². The first kappa shape index (κ1) is 18.9. The Morgan fingerprint density at radius 3 is 1.75 bits per heavy atom. The van der Waals surface area contributed by atoms with Crippen molar-refractivity contribution >= 4 is 18.7 Å². The summed E-state index contributed by atoms with van der Waals surface area (Å²) < 4.78 is 6.77. The molecule has 1 atom stereocenters. The summed E-state index contributed by atoms with van der Waals surface area (Å²) in [6.45, 7) is 9.81. The fourth-order valence-corrected chi connectivity index (χ4v) is 7.85. The van der Waals surface area contributed by atoms with E-state index in [0.717, 1.165) is 6.42 Å². The lowest BCUT2D eigenvalue weighted by molar-refractivity contribution is 0.198. The van der Waals surface area contributed by atoms with E-state index in [-0.39, 0.29) is 17.6 Å². The van der Waals surface area contributed by atoms with Crippen LogP contribution in [0.25, 0.3) is 0 Å². The second-order valence-electron chi connectivity index (χ2n) is 7.59. The summed E-state index contributed by atoms with van der Waals surface area (Å²) in [4.78, 5) is 0. The zero-order valence-electron chi connectivity index (χ0n) is 15.3. The quantitative estimate of drug-likeness (QED) is 0.779. The molecule has 0 unspecified atom stereocenters. The molecule has 24 heavy (non-hydrogen) atoms. The van der Waals surface area contributed by atoms with Crippen LogP contribution in [0.1, 0.15) is 34.1 Å². The first-order valence-corrected chi connectivity index (χ1v) is 10.7. The highest BCUT2D eigenvalue weighted by Crippen LogP contribution is 2.36. The maximum absolute atomic E-state index is 9.31. The number of hydrogen-bond donors (Lipinski definition) is 1. The molecule has 2 aromatic rings. The Kier molecular flexibility index (Phi) is 6.38. The minimum absolute atomic E-state index is 0.0121. The largest absolute Gasteiger partial charge is 0.407 e. The smallest absolute Gasteiger partial charge is 0.261 e. The molecule has 2 aromatic carbocycles. The summed E-state index contributed by atoms with van der Waals surface area (Å²) in [7, 11) is -2.41. The van der Waals surface area contributed by atoms with Crippen molar-refractivity contribution in [2.45, 2.75) is 39.2 Å². The van der Waals surface area contributed by atoms with Crippen LogP contribution in [0, 0.1) is 5.92 Å². The van der Waals surface area contributed by atoms with E-state index in [1.807, 2.05) is 0 Å². The normalized spacial score (nSPS) is 13.7. The number of aliphatic hydroxyl groups is 1. The van der Waals surface area contributed by atoms with Gasteiger partial charge >= 0.3 is 0 Å². The van der Waals surface area contributed by atoms with E-state index >= 15 is 0 Å². The van der Waals surface area contributed by atoms with Gasteiger partial charge in [-0.2, -0.15) is 0 Å². The molecular formula is C21H30O2Si. The van der Waals surface area contributed by atoms with Gasteiger partial charge in [0.15, 0.2) is 0 Å². The van der Waals surface area contributed by atoms with Crippen LogP contribution in [-0.4, -0.2) is 26.6 Å². The molecule has 130 valence electrons. The number of benzene rings is 2. The molecule has 2 rings (SSSR count). The van der Waals surface area contributed by atoms with Crippen molar-refractivity contribution < 1.29 is 9.53 Å². The van der Waals surface area contributed by atoms with Gasteiger partial charge in [-0.15, -0.1) is 0 Å². The van der Waals surface area contributed by atoms with E-state index in [1.165, 1.54) is 10.4 Å². The average molecular weight is 343 g/mol. The van der Waals surface area contributed by atoms with E-state index < -0.39 is 8.32 Å². The van der Waals surface area contributed by atoms with Crippen LogP contribution in [0.3, 0.4) is 0 Å². The Hall–Kier alpha value is -1.42. The maximum atomic E-state index is 9.31. The Morgan fingerprint density at radius 2 is 1.38 bits per heavy atom. The standard InChI is InChI=1S/C21H30O2Si/c1-18(17-22)15-16-23-24(21(2,3)4,19-11-7-5-8-12-19)20-13-9-6-10-14-20/h5-14,18,22H,15-17H2,1-4H3/t18-/m1/s1. The molecule has 0 saturated heterocycles. The number of aliphatic hydroxyl groups excluding tert-OH is 1. The van der Waals surface area contributed by atoms with Crippen LogP contribution in [0.15, 0.2) is 60.7 Å². The molecule has 2 nitrogen and oxygen atoms in total. The number of rotatable bonds is 7. The summed E-state index contributed by atoms with van der Waals surface area (Å²) in [5.41, 5.74) is 0. The molecule has 3 heteroatoms. The molecule has 0 aliphatic carbocycles. The van der Waals surface area contributed by atoms with Crippen molar-refractivity contribution in [3.8, 4) is 0 Å². The minimum atomic E-state index is -2.41. The van der Waals surface area contributed by atoms with Gasteiger partial charge in [-0.05, 0) is 27.8 Å². The molecule has 1 N–H and O–H groups in total. The highest BCUT2D eigenvalue weighted by molar-refractivity contribution is 6.99. The van der Waals surface area contributed by atoms with Gasteiger partial charge in [0.1, 0.15) is 0 Å². The van der Waals surface area contributed by atoms with Gasteiger partial charge < -0.3 is 9.53 Å². The summed E-state index contributed by atoms with van der Waals surface area (Å²) in [6, 6.07) is 21.4. The van der Waals surface area contributed by atoms with Crippen LogP contribution >= 0.6 is 0 Å². The monoisotopic (exact) mass is 342 g/mol. The zero-order valence-corrected chi connectivity index (χ0v) is 16.3. The Balaban J connectivity index is 2.49. The molecular weight excluding hydrogens is 312 g/mol. The Labute approximate surface area is 147 Å². The van der Waals surface area contributed by atoms with Crippen molar-refractivity contribution in [3.05, 3.63) is 60.7 Å². The van der Waals surface area contributed by atoms with E-state index in [2.05, 4.69) is 88.4 Å². The van der Waals surface area contributed by atoms with Crippen LogP contribution in [0.4, 0.5) is 0 Å². The topological polar surface area (TPSA) is 29.5 Å². The molecule has 0 heterocycles. The SMILES string of the molecule is C[C@@H](CO)CCO[Si](c1ccccc1)(c1ccccc1)C(C)(C)C. The predicted octanol–water partition coefficient (Wildman–Crippen LogP) is 3.58. The first-order valence-electron chi connectivity index (χ1n) is 8.77. The maximum Gasteiger partial charge on any atom is 0.261 e. The zero-order chi connectivity index (χ0) is 17.6. The molecule has 0 saturated carbocycles. The summed E-state index contributed by atoms with van der Waals surface area (Å²) in [6.07, 6.45) is 0.876. The molecule has 0 fully saturated rings. The van der Waals surface area contributed by atoms with Crippen LogP contribution in [0.2, 0.25) is 5.04 Å². The third-order valence-corrected chi connectivity index (χ3v) is 9.70.